The molecule has 18 heavy (non-hydrogen) atoms. The second-order valence-electron chi connectivity index (χ2n) is 4.99. The van der Waals surface area contributed by atoms with Gasteiger partial charge in [0.2, 0.25) is 0 Å². The molecule has 2 heterocycles. The summed E-state index contributed by atoms with van der Waals surface area (Å²) in [4.78, 5) is 7.21. The molecular weight excluding hydrogens is 222 g/mol. The minimum atomic E-state index is 1.04. The van der Waals surface area contributed by atoms with E-state index in [0.717, 1.165) is 31.9 Å². The number of pyridine rings is 1. The SMILES string of the molecule is CCCCCc1ccc2c(n1)NCCCN2CC. The molecule has 3 nitrogen and oxygen atoms in total. The van der Waals surface area contributed by atoms with Crippen molar-refractivity contribution in [3.63, 3.8) is 0 Å². The van der Waals surface area contributed by atoms with Crippen LogP contribution in [0.2, 0.25) is 0 Å². The average molecular weight is 247 g/mol. The first kappa shape index (κ1) is 13.2. The van der Waals surface area contributed by atoms with Crippen LogP contribution in [0.3, 0.4) is 0 Å². The molecule has 3 heteroatoms. The van der Waals surface area contributed by atoms with Gasteiger partial charge in [0.15, 0.2) is 0 Å². The summed E-state index contributed by atoms with van der Waals surface area (Å²) in [6, 6.07) is 4.44. The monoisotopic (exact) mass is 247 g/mol. The normalized spacial score (nSPS) is 14.9. The lowest BCUT2D eigenvalue weighted by Crippen LogP contribution is -2.23. The van der Waals surface area contributed by atoms with Gasteiger partial charge in [0.25, 0.3) is 0 Å². The smallest absolute Gasteiger partial charge is 0.149 e. The van der Waals surface area contributed by atoms with E-state index >= 15 is 0 Å². The van der Waals surface area contributed by atoms with Crippen molar-refractivity contribution in [2.45, 2.75) is 46.0 Å². The number of anilines is 2. The van der Waals surface area contributed by atoms with Crippen LogP contribution in [0.15, 0.2) is 12.1 Å². The summed E-state index contributed by atoms with van der Waals surface area (Å²) in [5, 5.41) is 3.47. The van der Waals surface area contributed by atoms with Crippen molar-refractivity contribution in [2.75, 3.05) is 29.9 Å². The Morgan fingerprint density at radius 2 is 2.17 bits per heavy atom. The molecule has 1 aromatic heterocycles. The van der Waals surface area contributed by atoms with Crippen molar-refractivity contribution in [1.29, 1.82) is 0 Å². The summed E-state index contributed by atoms with van der Waals surface area (Å²) in [5.41, 5.74) is 2.50. The van der Waals surface area contributed by atoms with Crippen LogP contribution in [-0.4, -0.2) is 24.6 Å². The van der Waals surface area contributed by atoms with Crippen molar-refractivity contribution < 1.29 is 0 Å². The third-order valence-electron chi connectivity index (χ3n) is 3.59. The van der Waals surface area contributed by atoms with Crippen LogP contribution >= 0.6 is 0 Å². The van der Waals surface area contributed by atoms with Gasteiger partial charge in [-0.1, -0.05) is 19.8 Å². The van der Waals surface area contributed by atoms with Crippen molar-refractivity contribution in [3.8, 4) is 0 Å². The zero-order valence-corrected chi connectivity index (χ0v) is 11.7. The summed E-state index contributed by atoms with van der Waals surface area (Å²) in [5.74, 6) is 1.09. The third-order valence-corrected chi connectivity index (χ3v) is 3.59. The lowest BCUT2D eigenvalue weighted by Gasteiger charge is -2.22. The largest absolute Gasteiger partial charge is 0.369 e. The molecule has 0 saturated carbocycles. The molecule has 0 aliphatic carbocycles. The van der Waals surface area contributed by atoms with Crippen LogP contribution in [0.4, 0.5) is 11.5 Å². The van der Waals surface area contributed by atoms with Crippen LogP contribution in [0.5, 0.6) is 0 Å². The zero-order chi connectivity index (χ0) is 12.8. The highest BCUT2D eigenvalue weighted by molar-refractivity contribution is 5.67. The number of hydrogen-bond acceptors (Lipinski definition) is 3. The quantitative estimate of drug-likeness (QED) is 0.808. The average Bonchev–Trinajstić information content (AvgIpc) is 2.60. The summed E-state index contributed by atoms with van der Waals surface area (Å²) in [6.07, 6.45) is 6.12. The van der Waals surface area contributed by atoms with E-state index < -0.39 is 0 Å². The fourth-order valence-corrected chi connectivity index (χ4v) is 2.50. The standard InChI is InChI=1S/C15H25N3/c1-3-5-6-8-13-9-10-14-15(17-13)16-11-7-12-18(14)4-2/h9-10H,3-8,11-12H2,1-2H3,(H,16,17). The Bertz CT molecular complexity index is 376. The molecule has 0 saturated heterocycles. The Morgan fingerprint density at radius 1 is 1.28 bits per heavy atom. The molecule has 1 aliphatic heterocycles. The van der Waals surface area contributed by atoms with Gasteiger partial charge in [-0.2, -0.15) is 0 Å². The van der Waals surface area contributed by atoms with Gasteiger partial charge < -0.3 is 10.2 Å². The van der Waals surface area contributed by atoms with Crippen LogP contribution in [0.1, 0.15) is 45.2 Å². The molecule has 0 amide bonds. The first-order chi connectivity index (χ1) is 8.85. The van der Waals surface area contributed by atoms with Crippen LogP contribution in [0.25, 0.3) is 0 Å². The van der Waals surface area contributed by atoms with E-state index in [4.69, 9.17) is 4.98 Å². The number of aromatic nitrogens is 1. The molecule has 1 N–H and O–H groups in total. The first-order valence-corrected chi connectivity index (χ1v) is 7.34. The molecule has 0 spiro atoms. The lowest BCUT2D eigenvalue weighted by atomic mass is 10.1. The maximum absolute atomic E-state index is 4.79. The number of fused-ring (bicyclic) bond motifs is 1. The maximum Gasteiger partial charge on any atom is 0.149 e. The fourth-order valence-electron chi connectivity index (χ4n) is 2.50. The number of nitrogens with one attached hydrogen (secondary N) is 1. The van der Waals surface area contributed by atoms with Gasteiger partial charge in [0.05, 0.1) is 5.69 Å². The van der Waals surface area contributed by atoms with Gasteiger partial charge in [-0.15, -0.1) is 0 Å². The second-order valence-corrected chi connectivity index (χ2v) is 4.99. The minimum absolute atomic E-state index is 1.04. The first-order valence-electron chi connectivity index (χ1n) is 7.34. The minimum Gasteiger partial charge on any atom is -0.369 e. The summed E-state index contributed by atoms with van der Waals surface area (Å²) in [6.45, 7) is 7.68. The van der Waals surface area contributed by atoms with Gasteiger partial charge in [0.1, 0.15) is 5.82 Å². The van der Waals surface area contributed by atoms with E-state index in [1.165, 1.54) is 37.1 Å². The number of aryl methyl sites for hydroxylation is 1. The molecule has 1 aliphatic rings. The molecule has 0 aromatic carbocycles. The zero-order valence-electron chi connectivity index (χ0n) is 11.7. The predicted molar refractivity (Wildman–Crippen MR) is 78.5 cm³/mol. The second kappa shape index (κ2) is 6.62. The summed E-state index contributed by atoms with van der Waals surface area (Å²) in [7, 11) is 0. The molecule has 100 valence electrons. The van der Waals surface area contributed by atoms with Gasteiger partial charge in [0, 0.05) is 25.3 Å². The molecule has 1 aromatic rings. The fraction of sp³-hybridized carbons (Fsp3) is 0.667. The molecular formula is C15H25N3. The van der Waals surface area contributed by atoms with Crippen molar-refractivity contribution in [1.82, 2.24) is 4.98 Å². The number of nitrogens with zero attached hydrogens (tertiary/aromatic N) is 2. The van der Waals surface area contributed by atoms with Gasteiger partial charge in [-0.3, -0.25) is 0 Å². The van der Waals surface area contributed by atoms with Crippen LogP contribution in [0, 0.1) is 0 Å². The van der Waals surface area contributed by atoms with E-state index in [0.29, 0.717) is 0 Å². The Morgan fingerprint density at radius 3 is 2.94 bits per heavy atom. The van der Waals surface area contributed by atoms with Gasteiger partial charge in [-0.25, -0.2) is 4.98 Å². The molecule has 2 rings (SSSR count). The summed E-state index contributed by atoms with van der Waals surface area (Å²) < 4.78 is 0. The molecule has 0 atom stereocenters. The van der Waals surface area contributed by atoms with E-state index in [2.05, 4.69) is 36.2 Å². The van der Waals surface area contributed by atoms with E-state index in [-0.39, 0.29) is 0 Å². The number of hydrogen-bond donors (Lipinski definition) is 1. The third kappa shape index (κ3) is 3.15. The van der Waals surface area contributed by atoms with E-state index in [1.807, 2.05) is 0 Å². The number of rotatable bonds is 5. The van der Waals surface area contributed by atoms with Crippen LogP contribution < -0.4 is 10.2 Å². The molecule has 0 radical (unpaired) electrons. The van der Waals surface area contributed by atoms with Gasteiger partial charge in [-0.05, 0) is 38.3 Å². The predicted octanol–water partition coefficient (Wildman–Crippen LogP) is 3.46. The topological polar surface area (TPSA) is 28.2 Å². The Balaban J connectivity index is 2.12. The number of unbranched alkanes of at least 4 members (excludes halogenated alkanes) is 2. The lowest BCUT2D eigenvalue weighted by molar-refractivity contribution is 0.707. The van der Waals surface area contributed by atoms with Crippen LogP contribution in [-0.2, 0) is 6.42 Å². The Labute approximate surface area is 111 Å². The highest BCUT2D eigenvalue weighted by Gasteiger charge is 2.14. The molecule has 0 unspecified atom stereocenters. The van der Waals surface area contributed by atoms with Gasteiger partial charge >= 0.3 is 0 Å². The van der Waals surface area contributed by atoms with E-state index in [1.54, 1.807) is 0 Å². The summed E-state index contributed by atoms with van der Waals surface area (Å²) >= 11 is 0. The van der Waals surface area contributed by atoms with E-state index in [9.17, 15) is 0 Å². The molecule has 0 fully saturated rings. The maximum atomic E-state index is 4.79. The highest BCUT2D eigenvalue weighted by Crippen LogP contribution is 2.27. The Hall–Kier alpha value is -1.25. The molecule has 0 bridgehead atoms. The van der Waals surface area contributed by atoms with Crippen molar-refractivity contribution in [3.05, 3.63) is 17.8 Å². The Kier molecular flexibility index (Phi) is 4.85. The highest BCUT2D eigenvalue weighted by atomic mass is 15.2. The van der Waals surface area contributed by atoms with Crippen molar-refractivity contribution in [2.24, 2.45) is 0 Å². The van der Waals surface area contributed by atoms with Crippen molar-refractivity contribution >= 4 is 11.5 Å².